The summed E-state index contributed by atoms with van der Waals surface area (Å²) in [5, 5.41) is 10.2. The lowest BCUT2D eigenvalue weighted by Gasteiger charge is -2.14. The summed E-state index contributed by atoms with van der Waals surface area (Å²) < 4.78 is 0. The van der Waals surface area contributed by atoms with Crippen LogP contribution in [0.15, 0.2) is 24.3 Å². The Balaban J connectivity index is 1.84. The smallest absolute Gasteiger partial charge is 0.223 e. The second kappa shape index (κ2) is 9.21. The molecule has 130 valence electrons. The Morgan fingerprint density at radius 3 is 2.46 bits per heavy atom. The molecule has 1 aromatic heterocycles. The molecule has 0 bridgehead atoms. The number of carbonyl (C=O) groups is 1. The van der Waals surface area contributed by atoms with Crippen molar-refractivity contribution < 1.29 is 4.79 Å². The van der Waals surface area contributed by atoms with Gasteiger partial charge in [0.2, 0.25) is 5.91 Å². The van der Waals surface area contributed by atoms with Gasteiger partial charge in [0.05, 0.1) is 0 Å². The van der Waals surface area contributed by atoms with Gasteiger partial charge in [-0.3, -0.25) is 9.89 Å². The van der Waals surface area contributed by atoms with E-state index in [2.05, 4.69) is 41.3 Å². The maximum absolute atomic E-state index is 12.2. The Hall–Kier alpha value is -2.17. The van der Waals surface area contributed by atoms with E-state index in [1.807, 2.05) is 24.3 Å². The average Bonchev–Trinajstić information content (AvgIpc) is 3.04. The van der Waals surface area contributed by atoms with Crippen molar-refractivity contribution in [3.05, 3.63) is 35.7 Å². The highest BCUT2D eigenvalue weighted by molar-refractivity contribution is 5.78. The fraction of sp³-hybridized carbons (Fsp3) is 0.526. The number of hydrogen-bond donors (Lipinski definition) is 2. The van der Waals surface area contributed by atoms with Gasteiger partial charge in [-0.15, -0.1) is 0 Å². The van der Waals surface area contributed by atoms with Crippen LogP contribution in [0.3, 0.4) is 0 Å². The van der Waals surface area contributed by atoms with Gasteiger partial charge >= 0.3 is 0 Å². The van der Waals surface area contributed by atoms with Crippen LogP contribution in [0.4, 0.5) is 0 Å². The third-order valence-corrected chi connectivity index (χ3v) is 4.15. The molecule has 1 amide bonds. The molecule has 0 spiro atoms. The molecule has 1 heterocycles. The third kappa shape index (κ3) is 5.18. The first kappa shape index (κ1) is 18.2. The van der Waals surface area contributed by atoms with E-state index in [0.717, 1.165) is 37.1 Å². The largest absolute Gasteiger partial charge is 0.355 e. The molecule has 0 saturated heterocycles. The number of H-pyrrole nitrogens is 1. The van der Waals surface area contributed by atoms with Crippen molar-refractivity contribution in [2.45, 2.75) is 52.9 Å². The van der Waals surface area contributed by atoms with Crippen molar-refractivity contribution in [2.24, 2.45) is 5.92 Å². The summed E-state index contributed by atoms with van der Waals surface area (Å²) >= 11 is 0. The van der Waals surface area contributed by atoms with Crippen LogP contribution in [0.1, 0.15) is 50.9 Å². The molecule has 0 radical (unpaired) electrons. The fourth-order valence-electron chi connectivity index (χ4n) is 2.79. The van der Waals surface area contributed by atoms with Crippen LogP contribution in [0, 0.1) is 12.8 Å². The summed E-state index contributed by atoms with van der Waals surface area (Å²) in [6, 6.07) is 8.13. The summed E-state index contributed by atoms with van der Waals surface area (Å²) in [6.45, 7) is 6.89. The number of nitrogens with zero attached hydrogens (tertiary/aromatic N) is 2. The maximum atomic E-state index is 12.2. The Kier molecular flexibility index (Phi) is 6.97. The van der Waals surface area contributed by atoms with E-state index in [9.17, 15) is 4.79 Å². The minimum Gasteiger partial charge on any atom is -0.355 e. The molecule has 0 fully saturated rings. The zero-order valence-corrected chi connectivity index (χ0v) is 14.9. The molecule has 1 aromatic carbocycles. The summed E-state index contributed by atoms with van der Waals surface area (Å²) in [5.74, 6) is 1.80. The number of aromatic nitrogens is 3. The SMILES string of the molecule is CCCC(CCC)C(=O)NCCc1nc(-c2ccc(C)cc2)n[nH]1. The van der Waals surface area contributed by atoms with E-state index in [1.165, 1.54) is 5.56 Å². The number of amides is 1. The standard InChI is InChI=1S/C19H28N4O/c1-4-6-16(7-5-2)19(24)20-13-12-17-21-18(23-22-17)15-10-8-14(3)9-11-15/h8-11,16H,4-7,12-13H2,1-3H3,(H,20,24)(H,21,22,23). The molecule has 2 N–H and O–H groups in total. The van der Waals surface area contributed by atoms with Gasteiger partial charge in [0.15, 0.2) is 5.82 Å². The quantitative estimate of drug-likeness (QED) is 0.738. The van der Waals surface area contributed by atoms with Crippen LogP contribution in [-0.4, -0.2) is 27.6 Å². The van der Waals surface area contributed by atoms with Crippen molar-refractivity contribution in [1.29, 1.82) is 0 Å². The summed E-state index contributed by atoms with van der Waals surface area (Å²) in [7, 11) is 0. The summed E-state index contributed by atoms with van der Waals surface area (Å²) in [4.78, 5) is 16.7. The van der Waals surface area contributed by atoms with Crippen LogP contribution < -0.4 is 5.32 Å². The van der Waals surface area contributed by atoms with Crippen LogP contribution in [0.2, 0.25) is 0 Å². The average molecular weight is 328 g/mol. The van der Waals surface area contributed by atoms with Gasteiger partial charge in [-0.2, -0.15) is 5.10 Å². The van der Waals surface area contributed by atoms with Gasteiger partial charge in [-0.25, -0.2) is 4.98 Å². The highest BCUT2D eigenvalue weighted by Crippen LogP contribution is 2.15. The van der Waals surface area contributed by atoms with Gasteiger partial charge in [0.25, 0.3) is 0 Å². The second-order valence-electron chi connectivity index (χ2n) is 6.29. The van der Waals surface area contributed by atoms with Crippen molar-refractivity contribution >= 4 is 5.91 Å². The first-order valence-corrected chi connectivity index (χ1v) is 8.90. The molecule has 0 aliphatic carbocycles. The maximum Gasteiger partial charge on any atom is 0.223 e. The lowest BCUT2D eigenvalue weighted by Crippen LogP contribution is -2.32. The van der Waals surface area contributed by atoms with E-state index in [4.69, 9.17) is 0 Å². The molecule has 0 atom stereocenters. The highest BCUT2D eigenvalue weighted by Gasteiger charge is 2.16. The molecular formula is C19H28N4O. The molecular weight excluding hydrogens is 300 g/mol. The van der Waals surface area contributed by atoms with Crippen molar-refractivity contribution in [1.82, 2.24) is 20.5 Å². The van der Waals surface area contributed by atoms with Crippen LogP contribution >= 0.6 is 0 Å². The Labute approximate surface area is 144 Å². The van der Waals surface area contributed by atoms with Gasteiger partial charge in [-0.05, 0) is 19.8 Å². The van der Waals surface area contributed by atoms with E-state index in [-0.39, 0.29) is 11.8 Å². The third-order valence-electron chi connectivity index (χ3n) is 4.15. The Morgan fingerprint density at radius 1 is 1.17 bits per heavy atom. The zero-order valence-electron chi connectivity index (χ0n) is 14.9. The first-order valence-electron chi connectivity index (χ1n) is 8.90. The summed E-state index contributed by atoms with van der Waals surface area (Å²) in [6.07, 6.45) is 4.66. The van der Waals surface area contributed by atoms with Crippen LogP contribution in [0.25, 0.3) is 11.4 Å². The summed E-state index contributed by atoms with van der Waals surface area (Å²) in [5.41, 5.74) is 2.21. The molecule has 0 saturated carbocycles. The Bertz CT molecular complexity index is 627. The zero-order chi connectivity index (χ0) is 17.4. The van der Waals surface area contributed by atoms with E-state index in [0.29, 0.717) is 18.8 Å². The predicted octanol–water partition coefficient (Wildman–Crippen LogP) is 3.66. The predicted molar refractivity (Wildman–Crippen MR) is 96.6 cm³/mol. The lowest BCUT2D eigenvalue weighted by molar-refractivity contribution is -0.125. The van der Waals surface area contributed by atoms with E-state index >= 15 is 0 Å². The van der Waals surface area contributed by atoms with Crippen molar-refractivity contribution in [2.75, 3.05) is 6.54 Å². The molecule has 2 rings (SSSR count). The Morgan fingerprint density at radius 2 is 1.83 bits per heavy atom. The highest BCUT2D eigenvalue weighted by atomic mass is 16.1. The monoisotopic (exact) mass is 328 g/mol. The lowest BCUT2D eigenvalue weighted by atomic mass is 9.97. The second-order valence-corrected chi connectivity index (χ2v) is 6.29. The number of nitrogens with one attached hydrogen (secondary N) is 2. The number of hydrogen-bond acceptors (Lipinski definition) is 3. The molecule has 5 nitrogen and oxygen atoms in total. The molecule has 2 aromatic rings. The normalized spacial score (nSPS) is 11.0. The van der Waals surface area contributed by atoms with Gasteiger partial charge in [0, 0.05) is 24.4 Å². The molecule has 0 aliphatic heterocycles. The van der Waals surface area contributed by atoms with E-state index < -0.39 is 0 Å². The first-order chi connectivity index (χ1) is 11.6. The molecule has 0 aliphatic rings. The molecule has 24 heavy (non-hydrogen) atoms. The number of rotatable bonds is 9. The minimum absolute atomic E-state index is 0.137. The van der Waals surface area contributed by atoms with Crippen LogP contribution in [0.5, 0.6) is 0 Å². The fourth-order valence-corrected chi connectivity index (χ4v) is 2.79. The van der Waals surface area contributed by atoms with Crippen molar-refractivity contribution in [3.63, 3.8) is 0 Å². The van der Waals surface area contributed by atoms with Crippen molar-refractivity contribution in [3.8, 4) is 11.4 Å². The number of aromatic amines is 1. The topological polar surface area (TPSA) is 70.7 Å². The van der Waals surface area contributed by atoms with Crippen LogP contribution in [-0.2, 0) is 11.2 Å². The number of benzene rings is 1. The molecule has 5 heteroatoms. The number of carbonyl (C=O) groups excluding carboxylic acids is 1. The molecule has 0 unspecified atom stereocenters. The minimum atomic E-state index is 0.137. The van der Waals surface area contributed by atoms with Gasteiger partial charge in [0.1, 0.15) is 5.82 Å². The van der Waals surface area contributed by atoms with E-state index in [1.54, 1.807) is 0 Å². The van der Waals surface area contributed by atoms with Gasteiger partial charge < -0.3 is 5.32 Å². The van der Waals surface area contributed by atoms with Gasteiger partial charge in [-0.1, -0.05) is 56.5 Å². The number of aryl methyl sites for hydroxylation is 1.